The zero-order chi connectivity index (χ0) is 22.7. The fourth-order valence-electron chi connectivity index (χ4n) is 3.37. The molecule has 2 heterocycles. The van der Waals surface area contributed by atoms with Crippen molar-refractivity contribution < 1.29 is 14.3 Å². The maximum absolute atomic E-state index is 12.6. The van der Waals surface area contributed by atoms with Crippen LogP contribution in [0.5, 0.6) is 11.5 Å². The summed E-state index contributed by atoms with van der Waals surface area (Å²) in [5, 5.41) is 15.2. The number of hydrazone groups is 1. The summed E-state index contributed by atoms with van der Waals surface area (Å²) in [5.74, 6) is 0.696. The first kappa shape index (κ1) is 21.6. The van der Waals surface area contributed by atoms with Crippen LogP contribution in [-0.2, 0) is 17.8 Å². The molecule has 0 atom stereocenters. The Kier molecular flexibility index (Phi) is 6.23. The Labute approximate surface area is 190 Å². The molecule has 32 heavy (non-hydrogen) atoms. The second-order valence-corrected chi connectivity index (χ2v) is 8.28. The molecule has 0 fully saturated rings. The van der Waals surface area contributed by atoms with E-state index in [0.717, 1.165) is 16.2 Å². The predicted octanol–water partition coefficient (Wildman–Crippen LogP) is 4.64. The van der Waals surface area contributed by atoms with Gasteiger partial charge in [-0.2, -0.15) is 15.1 Å². The van der Waals surface area contributed by atoms with Gasteiger partial charge in [0, 0.05) is 5.56 Å². The molecule has 8 heteroatoms. The van der Waals surface area contributed by atoms with Gasteiger partial charge in [0.25, 0.3) is 5.91 Å². The molecular weight excluding hydrogens is 424 g/mol. The smallest absolute Gasteiger partial charge is 0.283 e. The third-order valence-electron chi connectivity index (χ3n) is 4.83. The van der Waals surface area contributed by atoms with E-state index in [1.807, 2.05) is 43.3 Å². The van der Waals surface area contributed by atoms with Gasteiger partial charge in [0.1, 0.15) is 6.61 Å². The molecule has 0 spiro atoms. The Bertz CT molecular complexity index is 1190. The van der Waals surface area contributed by atoms with Gasteiger partial charge in [-0.3, -0.25) is 10.2 Å². The highest BCUT2D eigenvalue weighted by Gasteiger charge is 2.34. The van der Waals surface area contributed by atoms with Crippen molar-refractivity contribution in [2.45, 2.75) is 20.0 Å². The minimum absolute atomic E-state index is 0.00186. The molecule has 1 amide bonds. The van der Waals surface area contributed by atoms with Crippen LogP contribution >= 0.6 is 11.8 Å². The molecule has 2 aromatic rings. The normalized spacial score (nSPS) is 16.6. The molecule has 2 aliphatic rings. The number of aliphatic imine (C=N–C) groups is 1. The monoisotopic (exact) mass is 446 g/mol. The second-order valence-electron chi connectivity index (χ2n) is 7.12. The van der Waals surface area contributed by atoms with Crippen molar-refractivity contribution in [1.29, 1.82) is 5.41 Å². The number of benzene rings is 2. The molecule has 1 N–H and O–H groups in total. The number of carbonyl (C=O) groups excluding carboxylic acids is 1. The van der Waals surface area contributed by atoms with Crippen LogP contribution in [0.4, 0.5) is 0 Å². The van der Waals surface area contributed by atoms with Crippen LogP contribution in [0.3, 0.4) is 0 Å². The first-order valence-electron chi connectivity index (χ1n) is 9.95. The van der Waals surface area contributed by atoms with Gasteiger partial charge in [-0.15, -0.1) is 6.58 Å². The number of amides is 1. The maximum Gasteiger partial charge on any atom is 0.283 e. The number of nitrogens with zero attached hydrogens (tertiary/aromatic N) is 3. The van der Waals surface area contributed by atoms with E-state index >= 15 is 0 Å². The summed E-state index contributed by atoms with van der Waals surface area (Å²) in [5.41, 5.74) is 2.77. The number of ether oxygens (including phenoxy) is 2. The maximum atomic E-state index is 12.6. The molecular formula is C24H22N4O3S. The molecule has 0 aromatic heterocycles. The molecule has 0 bridgehead atoms. The Hall–Kier alpha value is -3.65. The standard InChI is InChI=1S/C24H22N4O3S/c1-4-8-18-11-17(12-19-22(25)28-24(26-23(19)29)32-15(2)27-28)13-20(30-3)21(18)31-14-16-9-6-5-7-10-16/h4-7,9-13,25H,1,8,14H2,2-3H3/b19-12-,25-22?. The first-order valence-corrected chi connectivity index (χ1v) is 10.8. The number of rotatable bonds is 7. The van der Waals surface area contributed by atoms with E-state index in [1.165, 1.54) is 16.8 Å². The first-order chi connectivity index (χ1) is 15.5. The van der Waals surface area contributed by atoms with Crippen molar-refractivity contribution in [3.05, 3.63) is 77.4 Å². The highest BCUT2D eigenvalue weighted by Crippen LogP contribution is 2.36. The highest BCUT2D eigenvalue weighted by molar-refractivity contribution is 8.26. The second kappa shape index (κ2) is 9.23. The van der Waals surface area contributed by atoms with Gasteiger partial charge in [-0.05, 0) is 54.4 Å². The molecule has 4 rings (SSSR count). The molecule has 7 nitrogen and oxygen atoms in total. The summed E-state index contributed by atoms with van der Waals surface area (Å²) in [6, 6.07) is 13.6. The Morgan fingerprint density at radius 3 is 2.75 bits per heavy atom. The summed E-state index contributed by atoms with van der Waals surface area (Å²) in [6.45, 7) is 6.05. The lowest BCUT2D eigenvalue weighted by atomic mass is 10.0. The molecule has 0 unspecified atom stereocenters. The number of fused-ring (bicyclic) bond motifs is 1. The summed E-state index contributed by atoms with van der Waals surface area (Å²) in [6.07, 6.45) is 3.97. The van der Waals surface area contributed by atoms with Crippen LogP contribution in [0.1, 0.15) is 23.6 Å². The fraction of sp³-hybridized carbons (Fsp3) is 0.167. The number of hydrogen-bond acceptors (Lipinski definition) is 6. The van der Waals surface area contributed by atoms with Crippen LogP contribution in [0, 0.1) is 5.41 Å². The van der Waals surface area contributed by atoms with Gasteiger partial charge >= 0.3 is 0 Å². The molecule has 2 aromatic carbocycles. The number of nitrogens with one attached hydrogen (secondary N) is 1. The minimum atomic E-state index is -0.465. The number of thioether (sulfide) groups is 1. The van der Waals surface area contributed by atoms with Crippen LogP contribution in [-0.4, -0.2) is 34.1 Å². The largest absolute Gasteiger partial charge is 0.493 e. The van der Waals surface area contributed by atoms with Gasteiger partial charge < -0.3 is 9.47 Å². The Balaban J connectivity index is 1.69. The van der Waals surface area contributed by atoms with E-state index in [9.17, 15) is 4.79 Å². The van der Waals surface area contributed by atoms with Gasteiger partial charge in [-0.25, -0.2) is 0 Å². The van der Waals surface area contributed by atoms with Crippen molar-refractivity contribution >= 4 is 39.8 Å². The van der Waals surface area contributed by atoms with Crippen molar-refractivity contribution in [1.82, 2.24) is 5.01 Å². The topological polar surface area (TPSA) is 87.3 Å². The van der Waals surface area contributed by atoms with Crippen molar-refractivity contribution in [3.8, 4) is 11.5 Å². The number of allylic oxidation sites excluding steroid dienone is 1. The summed E-state index contributed by atoms with van der Waals surface area (Å²) in [7, 11) is 1.57. The molecule has 2 aliphatic heterocycles. The van der Waals surface area contributed by atoms with Gasteiger partial charge in [0.05, 0.1) is 17.7 Å². The molecule has 0 saturated heterocycles. The van der Waals surface area contributed by atoms with E-state index in [2.05, 4.69) is 16.7 Å². The van der Waals surface area contributed by atoms with E-state index in [4.69, 9.17) is 14.9 Å². The SMILES string of the molecule is C=CCc1cc(/C=C2/C(=N)N3N=C(C)SC3=NC2=O)cc(OC)c1OCc1ccccc1. The van der Waals surface area contributed by atoms with E-state index in [0.29, 0.717) is 35.3 Å². The zero-order valence-electron chi connectivity index (χ0n) is 17.8. The van der Waals surface area contributed by atoms with Gasteiger partial charge in [0.2, 0.25) is 5.17 Å². The summed E-state index contributed by atoms with van der Waals surface area (Å²) >= 11 is 1.28. The fourth-order valence-corrected chi connectivity index (χ4v) is 4.11. The van der Waals surface area contributed by atoms with E-state index in [1.54, 1.807) is 25.3 Å². The zero-order valence-corrected chi connectivity index (χ0v) is 18.6. The number of methoxy groups -OCH3 is 1. The summed E-state index contributed by atoms with van der Waals surface area (Å²) < 4.78 is 11.7. The molecule has 0 radical (unpaired) electrons. The minimum Gasteiger partial charge on any atom is -0.493 e. The third-order valence-corrected chi connectivity index (χ3v) is 5.65. The van der Waals surface area contributed by atoms with E-state index in [-0.39, 0.29) is 11.4 Å². The molecule has 0 aliphatic carbocycles. The number of amidine groups is 2. The molecule has 0 saturated carbocycles. The summed E-state index contributed by atoms with van der Waals surface area (Å²) in [4.78, 5) is 16.7. The average Bonchev–Trinajstić information content (AvgIpc) is 3.16. The number of hydrogen-bond donors (Lipinski definition) is 1. The van der Waals surface area contributed by atoms with Crippen LogP contribution in [0.25, 0.3) is 6.08 Å². The van der Waals surface area contributed by atoms with Crippen LogP contribution in [0.2, 0.25) is 0 Å². The van der Waals surface area contributed by atoms with E-state index < -0.39 is 5.91 Å². The van der Waals surface area contributed by atoms with Crippen LogP contribution < -0.4 is 9.47 Å². The Morgan fingerprint density at radius 1 is 1.25 bits per heavy atom. The quantitative estimate of drug-likeness (QED) is 0.494. The highest BCUT2D eigenvalue weighted by atomic mass is 32.2. The van der Waals surface area contributed by atoms with Crippen LogP contribution in [0.15, 0.2) is 70.8 Å². The predicted molar refractivity (Wildman–Crippen MR) is 128 cm³/mol. The Morgan fingerprint density at radius 2 is 2.03 bits per heavy atom. The molecule has 162 valence electrons. The lowest BCUT2D eigenvalue weighted by molar-refractivity contribution is -0.114. The van der Waals surface area contributed by atoms with Crippen molar-refractivity contribution in [2.75, 3.05) is 7.11 Å². The van der Waals surface area contributed by atoms with Gasteiger partial charge in [0.15, 0.2) is 17.3 Å². The average molecular weight is 447 g/mol. The third kappa shape index (κ3) is 4.36. The van der Waals surface area contributed by atoms with Crippen molar-refractivity contribution in [2.24, 2.45) is 10.1 Å². The van der Waals surface area contributed by atoms with Gasteiger partial charge in [-0.1, -0.05) is 36.4 Å². The lowest BCUT2D eigenvalue weighted by Gasteiger charge is -2.20. The lowest BCUT2D eigenvalue weighted by Crippen LogP contribution is -2.35. The van der Waals surface area contributed by atoms with Crippen molar-refractivity contribution in [3.63, 3.8) is 0 Å². The number of carbonyl (C=O) groups is 1.